The molecule has 0 saturated heterocycles. The summed E-state index contributed by atoms with van der Waals surface area (Å²) < 4.78 is 1.79. The average molecular weight is 287 g/mol. The highest BCUT2D eigenvalue weighted by atomic mass is 32.1. The molecule has 0 N–H and O–H groups in total. The molecule has 0 aliphatic carbocycles. The molecule has 0 saturated carbocycles. The SMILES string of the molecule is Cc1cc(N(C)C(C)Cc2cccs2)n2ncnc2n1. The Kier molecular flexibility index (Phi) is 3.40. The third kappa shape index (κ3) is 2.38. The van der Waals surface area contributed by atoms with Gasteiger partial charge in [0.05, 0.1) is 0 Å². The second kappa shape index (κ2) is 5.20. The first-order chi connectivity index (χ1) is 9.65. The van der Waals surface area contributed by atoms with Crippen LogP contribution in [0.4, 0.5) is 5.82 Å². The minimum atomic E-state index is 0.378. The minimum absolute atomic E-state index is 0.378. The van der Waals surface area contributed by atoms with Crippen LogP contribution in [0.1, 0.15) is 17.5 Å². The zero-order chi connectivity index (χ0) is 14.1. The summed E-state index contributed by atoms with van der Waals surface area (Å²) in [5.41, 5.74) is 0.954. The summed E-state index contributed by atoms with van der Waals surface area (Å²) in [6.45, 7) is 4.20. The van der Waals surface area contributed by atoms with Gasteiger partial charge < -0.3 is 4.90 Å². The monoisotopic (exact) mass is 287 g/mol. The second-order valence-electron chi connectivity index (χ2n) is 4.97. The van der Waals surface area contributed by atoms with Crippen molar-refractivity contribution in [3.8, 4) is 0 Å². The van der Waals surface area contributed by atoms with E-state index in [0.29, 0.717) is 11.8 Å². The van der Waals surface area contributed by atoms with Gasteiger partial charge in [0.1, 0.15) is 12.1 Å². The predicted octanol–water partition coefficient (Wildman–Crippen LogP) is 2.56. The predicted molar refractivity (Wildman–Crippen MR) is 81.4 cm³/mol. The Hall–Kier alpha value is -1.95. The maximum absolute atomic E-state index is 4.38. The van der Waals surface area contributed by atoms with Crippen LogP contribution >= 0.6 is 11.3 Å². The van der Waals surface area contributed by atoms with Gasteiger partial charge in [0, 0.05) is 36.1 Å². The quantitative estimate of drug-likeness (QED) is 0.740. The van der Waals surface area contributed by atoms with E-state index in [-0.39, 0.29) is 0 Å². The summed E-state index contributed by atoms with van der Waals surface area (Å²) in [4.78, 5) is 12.2. The first kappa shape index (κ1) is 13.1. The van der Waals surface area contributed by atoms with E-state index in [4.69, 9.17) is 0 Å². The van der Waals surface area contributed by atoms with Gasteiger partial charge in [0.15, 0.2) is 0 Å². The fourth-order valence-electron chi connectivity index (χ4n) is 2.25. The second-order valence-corrected chi connectivity index (χ2v) is 6.00. The van der Waals surface area contributed by atoms with Gasteiger partial charge >= 0.3 is 0 Å². The van der Waals surface area contributed by atoms with Gasteiger partial charge in [0.2, 0.25) is 0 Å². The largest absolute Gasteiger partial charge is 0.356 e. The molecule has 3 aromatic heterocycles. The van der Waals surface area contributed by atoms with Crippen LogP contribution in [-0.4, -0.2) is 32.7 Å². The summed E-state index contributed by atoms with van der Waals surface area (Å²) in [5, 5.41) is 6.38. The van der Waals surface area contributed by atoms with Crippen LogP contribution in [0.15, 0.2) is 29.9 Å². The van der Waals surface area contributed by atoms with Crippen LogP contribution in [0.3, 0.4) is 0 Å². The third-order valence-electron chi connectivity index (χ3n) is 3.46. The van der Waals surface area contributed by atoms with Crippen LogP contribution in [0.5, 0.6) is 0 Å². The van der Waals surface area contributed by atoms with E-state index < -0.39 is 0 Å². The lowest BCUT2D eigenvalue weighted by atomic mass is 10.2. The van der Waals surface area contributed by atoms with Crippen molar-refractivity contribution in [1.29, 1.82) is 0 Å². The van der Waals surface area contributed by atoms with Crippen molar-refractivity contribution in [2.75, 3.05) is 11.9 Å². The molecule has 0 fully saturated rings. The fraction of sp³-hybridized carbons (Fsp3) is 0.357. The molecule has 0 bridgehead atoms. The van der Waals surface area contributed by atoms with Crippen molar-refractivity contribution in [2.45, 2.75) is 26.3 Å². The smallest absolute Gasteiger partial charge is 0.254 e. The van der Waals surface area contributed by atoms with E-state index in [9.17, 15) is 0 Å². The molecule has 0 radical (unpaired) electrons. The van der Waals surface area contributed by atoms with Gasteiger partial charge in [-0.25, -0.2) is 4.98 Å². The lowest BCUT2D eigenvalue weighted by Crippen LogP contribution is -2.32. The summed E-state index contributed by atoms with van der Waals surface area (Å²) >= 11 is 1.80. The number of nitrogens with zero attached hydrogens (tertiary/aromatic N) is 5. The lowest BCUT2D eigenvalue weighted by molar-refractivity contribution is 0.667. The Morgan fingerprint density at radius 2 is 2.30 bits per heavy atom. The molecule has 6 heteroatoms. The van der Waals surface area contributed by atoms with E-state index in [0.717, 1.165) is 17.9 Å². The molecular formula is C14H17N5S. The van der Waals surface area contributed by atoms with Crippen molar-refractivity contribution in [3.63, 3.8) is 0 Å². The summed E-state index contributed by atoms with van der Waals surface area (Å²) in [6, 6.07) is 6.70. The number of thiophene rings is 1. The van der Waals surface area contributed by atoms with Crippen molar-refractivity contribution in [2.24, 2.45) is 0 Å². The van der Waals surface area contributed by atoms with Crippen molar-refractivity contribution >= 4 is 22.9 Å². The van der Waals surface area contributed by atoms with Crippen LogP contribution in [0, 0.1) is 6.92 Å². The molecule has 0 aliphatic heterocycles. The number of aromatic nitrogens is 4. The molecule has 3 rings (SSSR count). The summed E-state index contributed by atoms with van der Waals surface area (Å²) in [5.74, 6) is 1.67. The molecule has 3 heterocycles. The molecule has 0 aromatic carbocycles. The van der Waals surface area contributed by atoms with Gasteiger partial charge in [-0.15, -0.1) is 11.3 Å². The van der Waals surface area contributed by atoms with Gasteiger partial charge in [-0.05, 0) is 25.3 Å². The molecule has 5 nitrogen and oxygen atoms in total. The minimum Gasteiger partial charge on any atom is -0.356 e. The number of likely N-dealkylation sites (N-methyl/N-ethyl adjacent to an activating group) is 1. The Labute approximate surface area is 121 Å². The van der Waals surface area contributed by atoms with Gasteiger partial charge in [-0.2, -0.15) is 14.6 Å². The molecule has 0 amide bonds. The van der Waals surface area contributed by atoms with E-state index in [2.05, 4.69) is 51.5 Å². The van der Waals surface area contributed by atoms with Crippen LogP contribution in [0.2, 0.25) is 0 Å². The van der Waals surface area contributed by atoms with Gasteiger partial charge in [-0.3, -0.25) is 0 Å². The molecule has 1 unspecified atom stereocenters. The number of fused-ring (bicyclic) bond motifs is 1. The van der Waals surface area contributed by atoms with E-state index in [1.165, 1.54) is 4.88 Å². The maximum atomic E-state index is 4.38. The van der Waals surface area contributed by atoms with Gasteiger partial charge in [-0.1, -0.05) is 6.07 Å². The molecular weight excluding hydrogens is 270 g/mol. The van der Waals surface area contributed by atoms with Crippen LogP contribution < -0.4 is 4.90 Å². The first-order valence-corrected chi connectivity index (χ1v) is 7.45. The van der Waals surface area contributed by atoms with Crippen molar-refractivity contribution < 1.29 is 0 Å². The molecule has 0 spiro atoms. The van der Waals surface area contributed by atoms with Crippen molar-refractivity contribution in [3.05, 3.63) is 40.5 Å². The topological polar surface area (TPSA) is 46.3 Å². The number of hydrogen-bond donors (Lipinski definition) is 0. The Bertz CT molecular complexity index is 704. The molecule has 3 aromatic rings. The summed E-state index contributed by atoms with van der Waals surface area (Å²) in [6.07, 6.45) is 2.56. The molecule has 1 atom stereocenters. The van der Waals surface area contributed by atoms with Crippen LogP contribution in [-0.2, 0) is 6.42 Å². The molecule has 104 valence electrons. The van der Waals surface area contributed by atoms with E-state index in [1.807, 2.05) is 13.0 Å². The fourth-order valence-corrected chi connectivity index (χ4v) is 3.07. The van der Waals surface area contributed by atoms with E-state index >= 15 is 0 Å². The molecule has 20 heavy (non-hydrogen) atoms. The lowest BCUT2D eigenvalue weighted by Gasteiger charge is -2.26. The normalized spacial score (nSPS) is 12.8. The Balaban J connectivity index is 1.91. The Morgan fingerprint density at radius 1 is 1.45 bits per heavy atom. The number of rotatable bonds is 4. The maximum Gasteiger partial charge on any atom is 0.254 e. The van der Waals surface area contributed by atoms with Crippen LogP contribution in [0.25, 0.3) is 5.78 Å². The van der Waals surface area contributed by atoms with Crippen molar-refractivity contribution in [1.82, 2.24) is 19.6 Å². The summed E-state index contributed by atoms with van der Waals surface area (Å²) in [7, 11) is 2.09. The highest BCUT2D eigenvalue weighted by Gasteiger charge is 2.16. The highest BCUT2D eigenvalue weighted by molar-refractivity contribution is 7.09. The zero-order valence-electron chi connectivity index (χ0n) is 11.8. The Morgan fingerprint density at radius 3 is 3.05 bits per heavy atom. The third-order valence-corrected chi connectivity index (χ3v) is 4.36. The number of hydrogen-bond acceptors (Lipinski definition) is 5. The van der Waals surface area contributed by atoms with Gasteiger partial charge in [0.25, 0.3) is 5.78 Å². The van der Waals surface area contributed by atoms with E-state index in [1.54, 1.807) is 22.2 Å². The standard InChI is InChI=1S/C14H17N5S/c1-10-7-13(19-14(17-10)15-9-16-19)18(3)11(2)8-12-5-4-6-20-12/h4-7,9,11H,8H2,1-3H3. The number of aryl methyl sites for hydroxylation is 1. The first-order valence-electron chi connectivity index (χ1n) is 6.58. The number of anilines is 1. The average Bonchev–Trinajstić information content (AvgIpc) is 3.07. The molecule has 0 aliphatic rings. The zero-order valence-corrected chi connectivity index (χ0v) is 12.6. The highest BCUT2D eigenvalue weighted by Crippen LogP contribution is 2.20.